The molecule has 3 heterocycles. The monoisotopic (exact) mass is 728 g/mol. The molecule has 0 atom stereocenters. The van der Waals surface area contributed by atoms with Crippen LogP contribution in [0.25, 0.3) is 114 Å². The molecule has 0 saturated heterocycles. The van der Waals surface area contributed by atoms with Crippen LogP contribution >= 0.6 is 11.3 Å². The number of thiophene rings is 1. The zero-order chi connectivity index (χ0) is 36.7. The lowest BCUT2D eigenvalue weighted by atomic mass is 9.89. The van der Waals surface area contributed by atoms with Crippen LogP contribution in [-0.4, -0.2) is 9.55 Å². The van der Waals surface area contributed by atoms with Crippen LogP contribution in [-0.2, 0) is 0 Å². The summed E-state index contributed by atoms with van der Waals surface area (Å²) in [6.45, 7) is 0. The molecule has 9 aromatic carbocycles. The normalized spacial score (nSPS) is 11.9. The second-order valence-electron chi connectivity index (χ2n) is 14.6. The predicted octanol–water partition coefficient (Wildman–Crippen LogP) is 15.0. The molecular weight excluding hydrogens is 697 g/mol. The van der Waals surface area contributed by atoms with E-state index in [1.807, 2.05) is 11.3 Å². The van der Waals surface area contributed by atoms with Crippen LogP contribution in [0.1, 0.15) is 0 Å². The zero-order valence-corrected chi connectivity index (χ0v) is 31.1. The number of para-hydroxylation sites is 1. The second-order valence-corrected chi connectivity index (χ2v) is 15.7. The van der Waals surface area contributed by atoms with Crippen molar-refractivity contribution < 1.29 is 0 Å². The first-order valence-electron chi connectivity index (χ1n) is 19.1. The van der Waals surface area contributed by atoms with Gasteiger partial charge >= 0.3 is 0 Å². The highest BCUT2D eigenvalue weighted by Crippen LogP contribution is 2.51. The van der Waals surface area contributed by atoms with Crippen LogP contribution in [0.5, 0.6) is 0 Å². The summed E-state index contributed by atoms with van der Waals surface area (Å²) in [7, 11) is 0. The Morgan fingerprint density at radius 3 is 1.54 bits per heavy atom. The predicted molar refractivity (Wildman–Crippen MR) is 240 cm³/mol. The molecule has 0 N–H and O–H groups in total. The van der Waals surface area contributed by atoms with E-state index >= 15 is 0 Å². The summed E-state index contributed by atoms with van der Waals surface area (Å²) in [4.78, 5) is 5.59. The van der Waals surface area contributed by atoms with E-state index in [1.54, 1.807) is 0 Å². The molecule has 0 aliphatic heterocycles. The molecule has 56 heavy (non-hydrogen) atoms. The van der Waals surface area contributed by atoms with Crippen molar-refractivity contribution in [3.63, 3.8) is 0 Å². The lowest BCUT2D eigenvalue weighted by Gasteiger charge is -2.16. The maximum absolute atomic E-state index is 5.59. The third kappa shape index (κ3) is 4.59. The first-order chi connectivity index (χ1) is 27.8. The number of benzene rings is 9. The van der Waals surface area contributed by atoms with Crippen molar-refractivity contribution in [2.75, 3.05) is 0 Å². The summed E-state index contributed by atoms with van der Waals surface area (Å²) in [5, 5.41) is 12.9. The van der Waals surface area contributed by atoms with E-state index in [1.165, 1.54) is 79.9 Å². The molecule has 0 bridgehead atoms. The van der Waals surface area contributed by atoms with E-state index < -0.39 is 0 Å². The molecule has 3 heteroatoms. The minimum absolute atomic E-state index is 0.905. The van der Waals surface area contributed by atoms with Crippen molar-refractivity contribution in [1.82, 2.24) is 9.55 Å². The zero-order valence-electron chi connectivity index (χ0n) is 30.3. The fourth-order valence-electron chi connectivity index (χ4n) is 9.11. The largest absolute Gasteiger partial charge is 0.292 e. The molecule has 0 aliphatic rings. The van der Waals surface area contributed by atoms with E-state index in [0.717, 1.165) is 33.7 Å². The van der Waals surface area contributed by atoms with E-state index in [9.17, 15) is 0 Å². The smallest absolute Gasteiger partial charge is 0.138 e. The van der Waals surface area contributed by atoms with Gasteiger partial charge in [0.2, 0.25) is 0 Å². The summed E-state index contributed by atoms with van der Waals surface area (Å²) in [6.07, 6.45) is 0. The fourth-order valence-corrected chi connectivity index (χ4v) is 10.4. The molecule has 0 aliphatic carbocycles. The SMILES string of the molecule is c1ccc(-c2ccc(-c3cc(-c4ccccc4)cc(-n4c5ccccc5c5c6c7ccccc7c7ccccc7c6c6c7ccccc7sc6c54)n3)cc2)cc1. The summed E-state index contributed by atoms with van der Waals surface area (Å²) >= 11 is 1.90. The first kappa shape index (κ1) is 31.3. The second kappa shape index (κ2) is 12.2. The maximum atomic E-state index is 5.59. The molecule has 0 unspecified atom stereocenters. The lowest BCUT2D eigenvalue weighted by molar-refractivity contribution is 1.09. The van der Waals surface area contributed by atoms with E-state index in [0.29, 0.717) is 0 Å². The van der Waals surface area contributed by atoms with E-state index in [4.69, 9.17) is 4.98 Å². The number of hydrogen-bond acceptors (Lipinski definition) is 2. The Hall–Kier alpha value is -7.07. The van der Waals surface area contributed by atoms with E-state index in [-0.39, 0.29) is 0 Å². The van der Waals surface area contributed by atoms with Crippen LogP contribution < -0.4 is 0 Å². The van der Waals surface area contributed by atoms with Crippen LogP contribution in [0.3, 0.4) is 0 Å². The average Bonchev–Trinajstić information content (AvgIpc) is 3.84. The number of hydrogen-bond donors (Lipinski definition) is 0. The molecule has 0 radical (unpaired) electrons. The highest BCUT2D eigenvalue weighted by molar-refractivity contribution is 7.27. The third-order valence-corrected chi connectivity index (χ3v) is 12.7. The molecule has 0 amide bonds. The van der Waals surface area contributed by atoms with Crippen LogP contribution in [0.15, 0.2) is 194 Å². The van der Waals surface area contributed by atoms with Gasteiger partial charge in [-0.15, -0.1) is 11.3 Å². The van der Waals surface area contributed by atoms with Crippen molar-refractivity contribution in [2.45, 2.75) is 0 Å². The van der Waals surface area contributed by atoms with Gasteiger partial charge < -0.3 is 0 Å². The Balaban J connectivity index is 1.26. The highest BCUT2D eigenvalue weighted by Gasteiger charge is 2.25. The minimum atomic E-state index is 0.905. The van der Waals surface area contributed by atoms with Crippen molar-refractivity contribution in [3.05, 3.63) is 194 Å². The Morgan fingerprint density at radius 2 is 0.857 bits per heavy atom. The van der Waals surface area contributed by atoms with Crippen molar-refractivity contribution in [1.29, 1.82) is 0 Å². The fraction of sp³-hybridized carbons (Fsp3) is 0. The standard InChI is InChI=1S/C53H32N2S/c1-3-15-33(16-4-1)35-27-29-36(30-28-35)44-31-37(34-17-5-2-6-18-34)32-47(54-44)55-45-25-13-11-23-42(45)50-48-40-21-9-7-19-38(40)39-20-8-10-22-41(39)49(48)51-43-24-12-14-26-46(43)56-53(51)52(50)55/h1-32H. The van der Waals surface area contributed by atoms with Gasteiger partial charge in [-0.3, -0.25) is 4.57 Å². The lowest BCUT2D eigenvalue weighted by Crippen LogP contribution is -2.00. The summed E-state index contributed by atoms with van der Waals surface area (Å²) in [5.74, 6) is 0.905. The molecule has 12 aromatic rings. The average molecular weight is 729 g/mol. The number of rotatable bonds is 4. The Morgan fingerprint density at radius 1 is 0.357 bits per heavy atom. The van der Waals surface area contributed by atoms with Gasteiger partial charge in [-0.2, -0.15) is 0 Å². The van der Waals surface area contributed by atoms with Crippen molar-refractivity contribution >= 4 is 85.6 Å². The van der Waals surface area contributed by atoms with Gasteiger partial charge in [-0.05, 0) is 68.1 Å². The quantitative estimate of drug-likeness (QED) is 0.165. The number of aromatic nitrogens is 2. The number of nitrogens with zero attached hydrogens (tertiary/aromatic N) is 2. The van der Waals surface area contributed by atoms with Gasteiger partial charge in [0.25, 0.3) is 0 Å². The first-order valence-corrected chi connectivity index (χ1v) is 19.9. The summed E-state index contributed by atoms with van der Waals surface area (Å²) in [6, 6.07) is 70.5. The summed E-state index contributed by atoms with van der Waals surface area (Å²) in [5.41, 5.74) is 9.07. The molecule has 0 fully saturated rings. The van der Waals surface area contributed by atoms with Gasteiger partial charge in [0.1, 0.15) is 5.82 Å². The molecule has 3 aromatic heterocycles. The Labute approximate surface area is 327 Å². The molecule has 0 saturated carbocycles. The van der Waals surface area contributed by atoms with E-state index in [2.05, 4.69) is 199 Å². The molecule has 260 valence electrons. The molecular formula is C53H32N2S. The van der Waals surface area contributed by atoms with Crippen LogP contribution in [0.4, 0.5) is 0 Å². The minimum Gasteiger partial charge on any atom is -0.292 e. The van der Waals surface area contributed by atoms with Gasteiger partial charge in [0, 0.05) is 42.6 Å². The Kier molecular flexibility index (Phi) is 6.83. The van der Waals surface area contributed by atoms with Crippen molar-refractivity contribution in [2.24, 2.45) is 0 Å². The van der Waals surface area contributed by atoms with Gasteiger partial charge in [0.05, 0.1) is 21.4 Å². The Bertz CT molecular complexity index is 3500. The molecule has 12 rings (SSSR count). The van der Waals surface area contributed by atoms with Crippen molar-refractivity contribution in [3.8, 4) is 39.3 Å². The summed E-state index contributed by atoms with van der Waals surface area (Å²) < 4.78 is 5.03. The highest BCUT2D eigenvalue weighted by atomic mass is 32.1. The van der Waals surface area contributed by atoms with Gasteiger partial charge in [-0.25, -0.2) is 4.98 Å². The topological polar surface area (TPSA) is 17.8 Å². The molecule has 2 nitrogen and oxygen atoms in total. The molecule has 0 spiro atoms. The van der Waals surface area contributed by atoms with Gasteiger partial charge in [-0.1, -0.05) is 170 Å². The number of fused-ring (bicyclic) bond motifs is 15. The van der Waals surface area contributed by atoms with Crippen LogP contribution in [0.2, 0.25) is 0 Å². The van der Waals surface area contributed by atoms with Gasteiger partial charge in [0.15, 0.2) is 0 Å². The number of pyridine rings is 1. The van der Waals surface area contributed by atoms with Crippen LogP contribution in [0, 0.1) is 0 Å². The maximum Gasteiger partial charge on any atom is 0.138 e. The third-order valence-electron chi connectivity index (χ3n) is 11.6.